The molecule has 2 heterocycles. The number of benzene rings is 1. The van der Waals surface area contributed by atoms with E-state index in [4.69, 9.17) is 28.5 Å². The minimum atomic E-state index is -0.987. The highest BCUT2D eigenvalue weighted by molar-refractivity contribution is 6.35. The maximum absolute atomic E-state index is 14.6. The third-order valence-electron chi connectivity index (χ3n) is 3.47. The summed E-state index contributed by atoms with van der Waals surface area (Å²) in [5.41, 5.74) is 4.80. The Morgan fingerprint density at radius 2 is 2.16 bits per heavy atom. The first-order chi connectivity index (χ1) is 12.0. The van der Waals surface area contributed by atoms with Crippen LogP contribution in [0.25, 0.3) is 16.7 Å². The second-order valence-corrected chi connectivity index (χ2v) is 5.35. The number of hydrogen-bond acceptors (Lipinski definition) is 4. The predicted molar refractivity (Wildman–Crippen MR) is 89.5 cm³/mol. The minimum absolute atomic E-state index is 0.0820. The van der Waals surface area contributed by atoms with E-state index in [9.17, 15) is 13.6 Å². The maximum Gasteiger partial charge on any atom is 0.359 e. The summed E-state index contributed by atoms with van der Waals surface area (Å²) in [5.74, 6) is -0.807. The highest BCUT2D eigenvalue weighted by Gasteiger charge is 2.24. The molecule has 0 saturated carbocycles. The molecule has 126 valence electrons. The van der Waals surface area contributed by atoms with Crippen LogP contribution in [0.1, 0.15) is 10.5 Å². The van der Waals surface area contributed by atoms with Crippen LogP contribution in [-0.2, 0) is 4.74 Å². The van der Waals surface area contributed by atoms with Crippen molar-refractivity contribution in [3.63, 3.8) is 0 Å². The van der Waals surface area contributed by atoms with Gasteiger partial charge in [-0.1, -0.05) is 29.7 Å². The van der Waals surface area contributed by atoms with E-state index in [1.54, 1.807) is 12.1 Å². The van der Waals surface area contributed by atoms with Crippen molar-refractivity contribution in [3.05, 3.63) is 52.8 Å². The lowest BCUT2D eigenvalue weighted by atomic mass is 10.2. The summed E-state index contributed by atoms with van der Waals surface area (Å²) < 4.78 is 34.6. The van der Waals surface area contributed by atoms with Crippen molar-refractivity contribution in [2.75, 3.05) is 12.3 Å². The summed E-state index contributed by atoms with van der Waals surface area (Å²) in [4.78, 5) is 15.9. The van der Waals surface area contributed by atoms with E-state index in [1.807, 2.05) is 0 Å². The van der Waals surface area contributed by atoms with Crippen LogP contribution < -0.4 is 5.73 Å². The number of rotatable bonds is 3. The zero-order valence-corrected chi connectivity index (χ0v) is 13.3. The van der Waals surface area contributed by atoms with Crippen molar-refractivity contribution in [3.8, 4) is 18.2 Å². The zero-order chi connectivity index (χ0) is 18.1. The van der Waals surface area contributed by atoms with E-state index >= 15 is 0 Å². The van der Waals surface area contributed by atoms with E-state index < -0.39 is 34.0 Å². The number of terminal acetylenes is 1. The lowest BCUT2D eigenvalue weighted by molar-refractivity contribution is 0.0550. The third kappa shape index (κ3) is 2.77. The summed E-state index contributed by atoms with van der Waals surface area (Å²) >= 11 is 5.89. The van der Waals surface area contributed by atoms with Crippen molar-refractivity contribution in [2.24, 2.45) is 0 Å². The van der Waals surface area contributed by atoms with Gasteiger partial charge in [0.15, 0.2) is 23.9 Å². The number of nitrogens with two attached hydrogens (primary N) is 1. The number of ether oxygens (including phenoxy) is 1. The maximum atomic E-state index is 14.6. The molecule has 2 aromatic heterocycles. The highest BCUT2D eigenvalue weighted by atomic mass is 35.5. The molecule has 25 heavy (non-hydrogen) atoms. The van der Waals surface area contributed by atoms with Gasteiger partial charge in [0.25, 0.3) is 0 Å². The number of aromatic nitrogens is 2. The van der Waals surface area contributed by atoms with Crippen LogP contribution in [-0.4, -0.2) is 22.1 Å². The first-order valence-corrected chi connectivity index (χ1v) is 7.34. The summed E-state index contributed by atoms with van der Waals surface area (Å²) in [5, 5.41) is 0.117. The fourth-order valence-electron chi connectivity index (χ4n) is 2.35. The quantitative estimate of drug-likeness (QED) is 0.574. The first kappa shape index (κ1) is 16.7. The molecule has 0 amide bonds. The van der Waals surface area contributed by atoms with Crippen LogP contribution in [0.15, 0.2) is 30.5 Å². The molecule has 0 aliphatic carbocycles. The number of carbonyl (C=O) groups is 1. The molecule has 8 heteroatoms. The lowest BCUT2D eigenvalue weighted by Gasteiger charge is -2.12. The fraction of sp³-hybridized carbons (Fsp3) is 0.0588. The van der Waals surface area contributed by atoms with E-state index in [0.29, 0.717) is 5.39 Å². The number of para-hydroxylation sites is 1. The van der Waals surface area contributed by atoms with Crippen molar-refractivity contribution in [2.45, 2.75) is 0 Å². The summed E-state index contributed by atoms with van der Waals surface area (Å²) in [7, 11) is 0. The molecule has 3 rings (SSSR count). The average Bonchev–Trinajstić information content (AvgIpc) is 3.03. The van der Waals surface area contributed by atoms with Gasteiger partial charge < -0.3 is 10.5 Å². The Morgan fingerprint density at radius 1 is 1.40 bits per heavy atom. The average molecular weight is 362 g/mol. The number of halogens is 3. The molecule has 0 aliphatic heterocycles. The van der Waals surface area contributed by atoms with Gasteiger partial charge in [-0.25, -0.2) is 18.6 Å². The molecule has 0 spiro atoms. The molecular weight excluding hydrogens is 352 g/mol. The van der Waals surface area contributed by atoms with Gasteiger partial charge in [-0.15, -0.1) is 6.42 Å². The Morgan fingerprint density at radius 3 is 2.88 bits per heavy atom. The molecule has 3 aromatic rings. The molecule has 2 N–H and O–H groups in total. The number of fused-ring (bicyclic) bond motifs is 1. The lowest BCUT2D eigenvalue weighted by Crippen LogP contribution is -2.14. The van der Waals surface area contributed by atoms with Crippen molar-refractivity contribution >= 4 is 34.2 Å². The SMILES string of the molecule is C#CCOC(=O)c1nc(-n2ccc3cccc(F)c32)c(F)c(N)c1Cl. The van der Waals surface area contributed by atoms with E-state index in [0.717, 1.165) is 4.57 Å². The van der Waals surface area contributed by atoms with Gasteiger partial charge in [0.2, 0.25) is 0 Å². The molecule has 0 aliphatic rings. The van der Waals surface area contributed by atoms with Gasteiger partial charge in [-0.3, -0.25) is 4.57 Å². The number of pyridine rings is 1. The zero-order valence-electron chi connectivity index (χ0n) is 12.6. The number of carbonyl (C=O) groups excluding carboxylic acids is 1. The topological polar surface area (TPSA) is 70.1 Å². The van der Waals surface area contributed by atoms with Crippen LogP contribution >= 0.6 is 11.6 Å². The second-order valence-electron chi connectivity index (χ2n) is 4.97. The molecule has 5 nitrogen and oxygen atoms in total. The highest BCUT2D eigenvalue weighted by Crippen LogP contribution is 2.31. The minimum Gasteiger partial charge on any atom is -0.448 e. The normalized spacial score (nSPS) is 10.6. The molecular formula is C17H10ClF2N3O2. The number of esters is 1. The van der Waals surface area contributed by atoms with Crippen LogP contribution in [0.3, 0.4) is 0 Å². The summed E-state index contributed by atoms with van der Waals surface area (Å²) in [6.07, 6.45) is 6.43. The summed E-state index contributed by atoms with van der Waals surface area (Å²) in [6.45, 7) is -0.315. The third-order valence-corrected chi connectivity index (χ3v) is 3.85. The Balaban J connectivity index is 2.24. The molecule has 0 saturated heterocycles. The van der Waals surface area contributed by atoms with E-state index in [2.05, 4.69) is 10.9 Å². The number of hydrogen-bond donors (Lipinski definition) is 1. The second kappa shape index (κ2) is 6.42. The Kier molecular flexibility index (Phi) is 4.30. The van der Waals surface area contributed by atoms with Crippen molar-refractivity contribution in [1.82, 2.24) is 9.55 Å². The number of nitrogens with zero attached hydrogens (tertiary/aromatic N) is 2. The standard InChI is InChI=1S/C17H10ClF2N3O2/c1-2-8-25-17(24)14-11(18)13(21)12(20)16(22-14)23-7-6-9-4-3-5-10(19)15(9)23/h1,3-7H,8H2,(H2,21,22). The smallest absolute Gasteiger partial charge is 0.359 e. The van der Waals surface area contributed by atoms with Crippen molar-refractivity contribution in [1.29, 1.82) is 0 Å². The molecule has 1 aromatic carbocycles. The van der Waals surface area contributed by atoms with Gasteiger partial charge in [-0.2, -0.15) is 0 Å². The number of anilines is 1. The van der Waals surface area contributed by atoms with Crippen LogP contribution in [0.2, 0.25) is 5.02 Å². The van der Waals surface area contributed by atoms with Crippen LogP contribution in [0, 0.1) is 24.0 Å². The molecule has 0 radical (unpaired) electrons. The van der Waals surface area contributed by atoms with Crippen LogP contribution in [0.5, 0.6) is 0 Å². The van der Waals surface area contributed by atoms with Gasteiger partial charge in [0.05, 0.1) is 16.2 Å². The van der Waals surface area contributed by atoms with E-state index in [1.165, 1.54) is 18.3 Å². The summed E-state index contributed by atoms with van der Waals surface area (Å²) in [6, 6.07) is 5.96. The Bertz CT molecular complexity index is 1040. The first-order valence-electron chi connectivity index (χ1n) is 6.96. The van der Waals surface area contributed by atoms with Crippen molar-refractivity contribution < 1.29 is 18.3 Å². The molecule has 0 bridgehead atoms. The molecule has 0 atom stereocenters. The van der Waals surface area contributed by atoms with Gasteiger partial charge in [-0.05, 0) is 12.1 Å². The van der Waals surface area contributed by atoms with Gasteiger partial charge in [0.1, 0.15) is 5.82 Å². The molecule has 0 fully saturated rings. The monoisotopic (exact) mass is 361 g/mol. The van der Waals surface area contributed by atoms with Gasteiger partial charge >= 0.3 is 5.97 Å². The van der Waals surface area contributed by atoms with Crippen LogP contribution in [0.4, 0.5) is 14.5 Å². The van der Waals surface area contributed by atoms with E-state index in [-0.39, 0.29) is 17.9 Å². The predicted octanol–water partition coefficient (Wildman–Crippen LogP) is 3.33. The van der Waals surface area contributed by atoms with Gasteiger partial charge in [0, 0.05) is 11.6 Å². The Labute approximate surface area is 146 Å². The molecule has 0 unspecified atom stereocenters. The Hall–Kier alpha value is -3.11. The largest absolute Gasteiger partial charge is 0.448 e. The number of nitrogen functional groups attached to an aromatic ring is 1. The fourth-order valence-corrected chi connectivity index (χ4v) is 2.55.